The van der Waals surface area contributed by atoms with E-state index in [2.05, 4.69) is 61.4 Å². The number of hydrogen-bond acceptors (Lipinski definition) is 3. The van der Waals surface area contributed by atoms with Gasteiger partial charge in [0, 0.05) is 18.1 Å². The second-order valence-electron chi connectivity index (χ2n) is 5.26. The Kier molecular flexibility index (Phi) is 5.11. The van der Waals surface area contributed by atoms with Gasteiger partial charge in [-0.25, -0.2) is 4.98 Å². The summed E-state index contributed by atoms with van der Waals surface area (Å²) in [6.07, 6.45) is 1.87. The number of rotatable bonds is 6. The molecule has 0 amide bonds. The van der Waals surface area contributed by atoms with Crippen molar-refractivity contribution in [3.05, 3.63) is 52.5 Å². The van der Waals surface area contributed by atoms with Gasteiger partial charge in [0.2, 0.25) is 0 Å². The third-order valence-electron chi connectivity index (χ3n) is 3.50. The molecule has 19 heavy (non-hydrogen) atoms. The summed E-state index contributed by atoms with van der Waals surface area (Å²) in [5.74, 6) is 1.17. The summed E-state index contributed by atoms with van der Waals surface area (Å²) in [6.45, 7) is 7.74. The molecule has 102 valence electrons. The first kappa shape index (κ1) is 14.2. The van der Waals surface area contributed by atoms with Crippen LogP contribution in [0.2, 0.25) is 0 Å². The Bertz CT molecular complexity index is 465. The maximum atomic E-state index is 4.37. The van der Waals surface area contributed by atoms with Crippen molar-refractivity contribution in [1.82, 2.24) is 10.3 Å². The van der Waals surface area contributed by atoms with Gasteiger partial charge in [-0.1, -0.05) is 44.2 Å². The van der Waals surface area contributed by atoms with Gasteiger partial charge in [-0.3, -0.25) is 0 Å². The molecular weight excluding hydrogens is 252 g/mol. The van der Waals surface area contributed by atoms with Crippen LogP contribution in [0.25, 0.3) is 0 Å². The second kappa shape index (κ2) is 6.83. The first-order valence-electron chi connectivity index (χ1n) is 6.86. The van der Waals surface area contributed by atoms with Gasteiger partial charge in [0.15, 0.2) is 0 Å². The fraction of sp³-hybridized carbons (Fsp3) is 0.438. The van der Waals surface area contributed by atoms with Crippen molar-refractivity contribution < 1.29 is 0 Å². The van der Waals surface area contributed by atoms with Crippen molar-refractivity contribution in [2.24, 2.45) is 5.92 Å². The molecule has 0 aliphatic carbocycles. The van der Waals surface area contributed by atoms with Gasteiger partial charge >= 0.3 is 0 Å². The summed E-state index contributed by atoms with van der Waals surface area (Å²) in [7, 11) is 0. The lowest BCUT2D eigenvalue weighted by Gasteiger charge is -2.23. The monoisotopic (exact) mass is 274 g/mol. The SMILES string of the molecule is CC(NCC(c1ccccc1)C(C)C)c1nccs1. The van der Waals surface area contributed by atoms with E-state index in [1.807, 2.05) is 11.6 Å². The van der Waals surface area contributed by atoms with Crippen LogP contribution in [0.4, 0.5) is 0 Å². The highest BCUT2D eigenvalue weighted by atomic mass is 32.1. The molecule has 1 heterocycles. The molecule has 2 unspecified atom stereocenters. The van der Waals surface area contributed by atoms with Crippen LogP contribution in [0.1, 0.15) is 43.3 Å². The number of aromatic nitrogens is 1. The van der Waals surface area contributed by atoms with Crippen LogP contribution in [-0.2, 0) is 0 Å². The van der Waals surface area contributed by atoms with E-state index in [4.69, 9.17) is 0 Å². The molecule has 0 aliphatic rings. The molecule has 1 aromatic carbocycles. The summed E-state index contributed by atoms with van der Waals surface area (Å²) < 4.78 is 0. The van der Waals surface area contributed by atoms with E-state index in [-0.39, 0.29) is 0 Å². The van der Waals surface area contributed by atoms with Gasteiger partial charge < -0.3 is 5.32 Å². The van der Waals surface area contributed by atoms with E-state index < -0.39 is 0 Å². The number of nitrogens with one attached hydrogen (secondary N) is 1. The zero-order chi connectivity index (χ0) is 13.7. The van der Waals surface area contributed by atoms with E-state index in [0.29, 0.717) is 17.9 Å². The topological polar surface area (TPSA) is 24.9 Å². The normalized spacial score (nSPS) is 14.5. The minimum absolute atomic E-state index is 0.324. The molecule has 2 atom stereocenters. The van der Waals surface area contributed by atoms with Crippen molar-refractivity contribution in [2.45, 2.75) is 32.7 Å². The summed E-state index contributed by atoms with van der Waals surface area (Å²) in [4.78, 5) is 4.37. The molecule has 2 nitrogen and oxygen atoms in total. The van der Waals surface area contributed by atoms with Gasteiger partial charge in [-0.05, 0) is 24.3 Å². The molecule has 3 heteroatoms. The average molecular weight is 274 g/mol. The van der Waals surface area contributed by atoms with Gasteiger partial charge in [-0.2, -0.15) is 0 Å². The Morgan fingerprint density at radius 3 is 2.47 bits per heavy atom. The van der Waals surface area contributed by atoms with Crippen LogP contribution < -0.4 is 5.32 Å². The van der Waals surface area contributed by atoms with Crippen molar-refractivity contribution in [3.63, 3.8) is 0 Å². The summed E-state index contributed by atoms with van der Waals surface area (Å²) in [5, 5.41) is 6.81. The predicted molar refractivity (Wildman–Crippen MR) is 82.6 cm³/mol. The Labute approximate surface area is 119 Å². The summed E-state index contributed by atoms with van der Waals surface area (Å²) in [6, 6.07) is 11.1. The third-order valence-corrected chi connectivity index (χ3v) is 4.46. The van der Waals surface area contributed by atoms with E-state index in [1.54, 1.807) is 11.3 Å². The third kappa shape index (κ3) is 3.88. The molecule has 0 aliphatic heterocycles. The molecule has 0 spiro atoms. The number of hydrogen-bond donors (Lipinski definition) is 1. The van der Waals surface area contributed by atoms with E-state index in [1.165, 1.54) is 5.56 Å². The largest absolute Gasteiger partial charge is 0.308 e. The molecule has 0 saturated carbocycles. The zero-order valence-corrected chi connectivity index (χ0v) is 12.7. The van der Waals surface area contributed by atoms with Crippen LogP contribution in [0, 0.1) is 5.92 Å². The Morgan fingerprint density at radius 1 is 1.16 bits per heavy atom. The highest BCUT2D eigenvalue weighted by Gasteiger charge is 2.17. The lowest BCUT2D eigenvalue weighted by molar-refractivity contribution is 0.436. The molecule has 2 aromatic rings. The van der Waals surface area contributed by atoms with Crippen molar-refractivity contribution in [1.29, 1.82) is 0 Å². The minimum Gasteiger partial charge on any atom is -0.308 e. The minimum atomic E-state index is 0.324. The Morgan fingerprint density at radius 2 is 1.89 bits per heavy atom. The summed E-state index contributed by atoms with van der Waals surface area (Å²) in [5.41, 5.74) is 1.41. The van der Waals surface area contributed by atoms with E-state index in [9.17, 15) is 0 Å². The van der Waals surface area contributed by atoms with Gasteiger partial charge in [-0.15, -0.1) is 11.3 Å². The fourth-order valence-corrected chi connectivity index (χ4v) is 2.95. The maximum Gasteiger partial charge on any atom is 0.109 e. The quantitative estimate of drug-likeness (QED) is 0.852. The molecular formula is C16H22N2S. The zero-order valence-electron chi connectivity index (χ0n) is 11.8. The second-order valence-corrected chi connectivity index (χ2v) is 6.19. The summed E-state index contributed by atoms with van der Waals surface area (Å²) >= 11 is 1.71. The lowest BCUT2D eigenvalue weighted by Crippen LogP contribution is -2.27. The van der Waals surface area contributed by atoms with Gasteiger partial charge in [0.05, 0.1) is 6.04 Å². The standard InChI is InChI=1S/C16H22N2S/c1-12(2)15(14-7-5-4-6-8-14)11-18-13(3)16-17-9-10-19-16/h4-10,12-13,15,18H,11H2,1-3H3. The number of nitrogens with zero attached hydrogens (tertiary/aromatic N) is 1. The predicted octanol–water partition coefficient (Wildman–Crippen LogP) is 4.23. The van der Waals surface area contributed by atoms with E-state index >= 15 is 0 Å². The number of benzene rings is 1. The molecule has 0 radical (unpaired) electrons. The van der Waals surface area contributed by atoms with Crippen molar-refractivity contribution in [3.8, 4) is 0 Å². The van der Waals surface area contributed by atoms with Crippen molar-refractivity contribution >= 4 is 11.3 Å². The molecule has 0 saturated heterocycles. The van der Waals surface area contributed by atoms with Crippen LogP contribution >= 0.6 is 11.3 Å². The molecule has 0 bridgehead atoms. The van der Waals surface area contributed by atoms with Gasteiger partial charge in [0.25, 0.3) is 0 Å². The highest BCUT2D eigenvalue weighted by molar-refractivity contribution is 7.09. The van der Waals surface area contributed by atoms with E-state index in [0.717, 1.165) is 11.6 Å². The number of thiazole rings is 1. The molecule has 2 rings (SSSR count). The first-order valence-corrected chi connectivity index (χ1v) is 7.74. The Hall–Kier alpha value is -1.19. The highest BCUT2D eigenvalue weighted by Crippen LogP contribution is 2.24. The van der Waals surface area contributed by atoms with Crippen LogP contribution in [-0.4, -0.2) is 11.5 Å². The average Bonchev–Trinajstić information content (AvgIpc) is 2.93. The maximum absolute atomic E-state index is 4.37. The Balaban J connectivity index is 1.98. The van der Waals surface area contributed by atoms with Crippen LogP contribution in [0.5, 0.6) is 0 Å². The van der Waals surface area contributed by atoms with Crippen molar-refractivity contribution in [2.75, 3.05) is 6.54 Å². The molecule has 1 N–H and O–H groups in total. The first-order chi connectivity index (χ1) is 9.18. The van der Waals surface area contributed by atoms with Crippen LogP contribution in [0.15, 0.2) is 41.9 Å². The van der Waals surface area contributed by atoms with Crippen LogP contribution in [0.3, 0.4) is 0 Å². The molecule has 0 fully saturated rings. The molecule has 1 aromatic heterocycles. The lowest BCUT2D eigenvalue weighted by atomic mass is 9.88. The smallest absolute Gasteiger partial charge is 0.109 e. The van der Waals surface area contributed by atoms with Gasteiger partial charge in [0.1, 0.15) is 5.01 Å². The fourth-order valence-electron chi connectivity index (χ4n) is 2.28.